The van der Waals surface area contributed by atoms with Gasteiger partial charge in [-0.05, 0) is 64.9 Å². The molecule has 3 heterocycles. The summed E-state index contributed by atoms with van der Waals surface area (Å²) in [6.07, 6.45) is 5.22. The van der Waals surface area contributed by atoms with Gasteiger partial charge in [-0.15, -0.1) is 0 Å². The van der Waals surface area contributed by atoms with Crippen LogP contribution in [0.5, 0.6) is 5.75 Å². The number of rotatable bonds is 9. The van der Waals surface area contributed by atoms with Gasteiger partial charge in [0, 0.05) is 43.8 Å². The molecule has 0 spiro atoms. The van der Waals surface area contributed by atoms with E-state index in [2.05, 4.69) is 37.1 Å². The minimum Gasteiger partial charge on any atom is -0.486 e. The zero-order valence-electron chi connectivity index (χ0n) is 19.4. The van der Waals surface area contributed by atoms with Gasteiger partial charge in [-0.1, -0.05) is 29.3 Å². The Morgan fingerprint density at radius 2 is 1.83 bits per heavy atom. The highest BCUT2D eigenvalue weighted by atomic mass is 127. The van der Waals surface area contributed by atoms with E-state index in [1.54, 1.807) is 28.8 Å². The van der Waals surface area contributed by atoms with E-state index in [9.17, 15) is 0 Å². The molecule has 0 aliphatic rings. The molecule has 0 saturated heterocycles. The average molecular weight is 661 g/mol. The summed E-state index contributed by atoms with van der Waals surface area (Å²) in [5.74, 6) is 0.0314. The summed E-state index contributed by atoms with van der Waals surface area (Å²) in [6, 6.07) is 8.90. The molecular weight excluding hydrogens is 640 g/mol. The van der Waals surface area contributed by atoms with Crippen molar-refractivity contribution in [2.45, 2.75) is 19.3 Å². The normalized spacial score (nSPS) is 13.3. The maximum absolute atomic E-state index is 15.5. The fourth-order valence-corrected chi connectivity index (χ4v) is 5.88. The van der Waals surface area contributed by atoms with Crippen LogP contribution in [0.1, 0.15) is 41.8 Å². The van der Waals surface area contributed by atoms with E-state index in [0.717, 1.165) is 5.52 Å². The summed E-state index contributed by atoms with van der Waals surface area (Å²) in [5.41, 5.74) is 2.79. The second-order valence-corrected chi connectivity index (χ2v) is 10.5. The van der Waals surface area contributed by atoms with E-state index in [0.29, 0.717) is 38.0 Å². The number of ether oxygens (including phenoxy) is 3. The Morgan fingerprint density at radius 3 is 2.44 bits per heavy atom. The summed E-state index contributed by atoms with van der Waals surface area (Å²) in [6.45, 7) is 1.84. The zero-order chi connectivity index (χ0) is 25.8. The van der Waals surface area contributed by atoms with Crippen molar-refractivity contribution < 1.29 is 18.6 Å². The Labute approximate surface area is 232 Å². The molecule has 2 atom stereocenters. The average Bonchev–Trinajstić information content (AvgIpc) is 3.24. The first-order chi connectivity index (χ1) is 17.4. The number of benzene rings is 1. The predicted octanol–water partition coefficient (Wildman–Crippen LogP) is 7.82. The lowest BCUT2D eigenvalue weighted by molar-refractivity contribution is -0.108. The Kier molecular flexibility index (Phi) is 9.14. The molecule has 1 aromatic carbocycles. The van der Waals surface area contributed by atoms with Crippen LogP contribution in [0.15, 0.2) is 48.9 Å². The van der Waals surface area contributed by atoms with E-state index in [1.807, 2.05) is 19.1 Å². The number of nitrogens with zero attached hydrogens (tertiary/aromatic N) is 4. The van der Waals surface area contributed by atoms with Crippen LogP contribution in [0.25, 0.3) is 22.8 Å². The van der Waals surface area contributed by atoms with Gasteiger partial charge in [0.15, 0.2) is 5.83 Å². The second-order valence-electron chi connectivity index (χ2n) is 7.61. The highest BCUT2D eigenvalue weighted by Gasteiger charge is 2.19. The minimum atomic E-state index is -0.588. The smallest absolute Gasteiger partial charge is 0.200 e. The lowest BCUT2D eigenvalue weighted by Gasteiger charge is -2.17. The van der Waals surface area contributed by atoms with Crippen LogP contribution in [-0.2, 0) is 9.47 Å². The molecule has 0 N–H and O–H groups in total. The van der Waals surface area contributed by atoms with Crippen molar-refractivity contribution in [1.82, 2.24) is 19.5 Å². The van der Waals surface area contributed by atoms with Crippen LogP contribution in [0.4, 0.5) is 4.39 Å². The molecule has 3 aromatic heterocycles. The van der Waals surface area contributed by atoms with Crippen molar-refractivity contribution in [3.05, 3.63) is 81.5 Å². The number of hydrogen-bond acceptors (Lipinski definition) is 6. The number of hydrogen-bond donors (Lipinski definition) is 0. The van der Waals surface area contributed by atoms with Crippen LogP contribution in [0.3, 0.4) is 0 Å². The SMILES string of the molecule is COC(OC)c1ccc(/C=C(\F)c2nn(PI)c3ccc(OC(C)c4c(Cl)cncc4Cl)cc23)cn1. The molecule has 0 saturated carbocycles. The Bertz CT molecular complexity index is 1380. The van der Waals surface area contributed by atoms with Crippen molar-refractivity contribution in [2.24, 2.45) is 0 Å². The molecule has 0 aliphatic carbocycles. The lowest BCUT2D eigenvalue weighted by atomic mass is 10.1. The van der Waals surface area contributed by atoms with Gasteiger partial charge < -0.3 is 14.2 Å². The van der Waals surface area contributed by atoms with Crippen molar-refractivity contribution >= 4 is 74.4 Å². The van der Waals surface area contributed by atoms with Crippen LogP contribution >= 0.6 is 51.6 Å². The molecule has 2 unspecified atom stereocenters. The maximum Gasteiger partial charge on any atom is 0.200 e. The molecule has 36 heavy (non-hydrogen) atoms. The van der Waals surface area contributed by atoms with E-state index in [4.69, 9.17) is 37.4 Å². The van der Waals surface area contributed by atoms with Gasteiger partial charge in [0.05, 0.1) is 27.6 Å². The third kappa shape index (κ3) is 5.82. The van der Waals surface area contributed by atoms with E-state index in [1.165, 1.54) is 32.7 Å². The first-order valence-corrected chi connectivity index (χ1v) is 15.4. The van der Waals surface area contributed by atoms with Crippen molar-refractivity contribution in [3.63, 3.8) is 0 Å². The van der Waals surface area contributed by atoms with Crippen LogP contribution in [0, 0.1) is 0 Å². The molecule has 0 radical (unpaired) electrons. The van der Waals surface area contributed by atoms with Crippen LogP contribution < -0.4 is 4.74 Å². The standard InChI is InChI=1S/C24H21Cl2FIN4O3P/c1-13(22-17(25)11-29-12-18(22)26)35-15-5-7-21-16(9-15)23(31-32(21)36-28)19(27)8-14-4-6-20(30-10-14)24(33-2)34-3/h4-13,24,36H,1-3H3/b19-8-. The Balaban J connectivity index is 1.67. The van der Waals surface area contributed by atoms with Crippen molar-refractivity contribution in [1.29, 1.82) is 0 Å². The largest absolute Gasteiger partial charge is 0.486 e. The van der Waals surface area contributed by atoms with Crippen LogP contribution in [0.2, 0.25) is 10.0 Å². The minimum absolute atomic E-state index is 0.211. The molecular formula is C24H21Cl2FIN4O3P. The highest BCUT2D eigenvalue weighted by molar-refractivity contribution is 14.2. The van der Waals surface area contributed by atoms with Gasteiger partial charge in [0.1, 0.15) is 17.5 Å². The first kappa shape index (κ1) is 27.2. The molecule has 188 valence electrons. The second kappa shape index (κ2) is 12.1. The first-order valence-electron chi connectivity index (χ1n) is 10.6. The molecule has 4 rings (SSSR count). The zero-order valence-corrected chi connectivity index (χ0v) is 24.0. The number of halogens is 4. The maximum atomic E-state index is 15.5. The summed E-state index contributed by atoms with van der Waals surface area (Å²) < 4.78 is 33.8. The summed E-state index contributed by atoms with van der Waals surface area (Å²) in [4.78, 5) is 8.29. The molecule has 0 fully saturated rings. The van der Waals surface area contributed by atoms with Crippen LogP contribution in [-0.4, -0.2) is 33.7 Å². The van der Waals surface area contributed by atoms with Crippen molar-refractivity contribution in [3.8, 4) is 5.75 Å². The Morgan fingerprint density at radius 1 is 1.11 bits per heavy atom. The van der Waals surface area contributed by atoms with Gasteiger partial charge in [-0.3, -0.25) is 9.97 Å². The number of methoxy groups -OCH3 is 2. The molecule has 0 aliphatic heterocycles. The fraction of sp³-hybridized carbons (Fsp3) is 0.208. The molecule has 7 nitrogen and oxygen atoms in total. The van der Waals surface area contributed by atoms with Crippen molar-refractivity contribution in [2.75, 3.05) is 14.2 Å². The number of pyridine rings is 2. The molecule has 0 bridgehead atoms. The van der Waals surface area contributed by atoms with Gasteiger partial charge in [0.2, 0.25) is 6.29 Å². The summed E-state index contributed by atoms with van der Waals surface area (Å²) in [5, 5.41) is 5.93. The lowest BCUT2D eigenvalue weighted by Crippen LogP contribution is -2.05. The molecule has 0 amide bonds. The van der Waals surface area contributed by atoms with Gasteiger partial charge in [0.25, 0.3) is 0 Å². The Hall–Kier alpha value is -1.88. The quantitative estimate of drug-likeness (QED) is 0.104. The third-order valence-electron chi connectivity index (χ3n) is 5.34. The third-order valence-corrected chi connectivity index (χ3v) is 7.81. The molecule has 4 aromatic rings. The summed E-state index contributed by atoms with van der Waals surface area (Å²) >= 11 is 14.8. The molecule has 12 heteroatoms. The van der Waals surface area contributed by atoms with E-state index < -0.39 is 18.2 Å². The van der Waals surface area contributed by atoms with E-state index in [-0.39, 0.29) is 12.1 Å². The van der Waals surface area contributed by atoms with Gasteiger partial charge in [-0.2, -0.15) is 5.10 Å². The monoisotopic (exact) mass is 660 g/mol. The predicted molar refractivity (Wildman–Crippen MR) is 151 cm³/mol. The van der Waals surface area contributed by atoms with Gasteiger partial charge in [-0.25, -0.2) is 8.84 Å². The van der Waals surface area contributed by atoms with E-state index >= 15 is 4.39 Å². The highest BCUT2D eigenvalue weighted by Crippen LogP contribution is 2.37. The fourth-order valence-electron chi connectivity index (χ4n) is 3.68. The number of fused-ring (bicyclic) bond motifs is 1. The number of aromatic nitrogens is 4. The summed E-state index contributed by atoms with van der Waals surface area (Å²) in [7, 11) is 3.05. The topological polar surface area (TPSA) is 71.3 Å². The van der Waals surface area contributed by atoms with Gasteiger partial charge >= 0.3 is 0 Å².